The number of ether oxygens (including phenoxy) is 1. The molecule has 2 amide bonds. The van der Waals surface area contributed by atoms with Crippen LogP contribution in [0.15, 0.2) is 65.4 Å². The predicted octanol–water partition coefficient (Wildman–Crippen LogP) is 6.78. The van der Waals surface area contributed by atoms with Gasteiger partial charge in [-0.25, -0.2) is 4.79 Å². The first-order chi connectivity index (χ1) is 17.4. The molecule has 0 saturated carbocycles. The molecule has 6 heteroatoms. The standard InChI is InChI=1S/C31H43N3O3/c1-23(13-15-27-24(2)11-9-18-31(27,6)7)10-8-12-25-17-19-32-26(22-25)14-16-28(35)33-20-21-34-29(36)37-30(3,4)5/h8,10,12-17,19,22H,9,11,18,20-21H2,1-7H3,(H,33,35)(H,34,36)/b12-8+,15-13+,16-14+,23-10+. The molecule has 0 radical (unpaired) electrons. The number of amides is 2. The van der Waals surface area contributed by atoms with Crippen molar-refractivity contribution in [3.05, 3.63) is 76.7 Å². The summed E-state index contributed by atoms with van der Waals surface area (Å²) in [7, 11) is 0. The maximum Gasteiger partial charge on any atom is 0.407 e. The lowest BCUT2D eigenvalue weighted by molar-refractivity contribution is -0.116. The number of rotatable bonds is 9. The van der Waals surface area contributed by atoms with Crippen molar-refractivity contribution in [2.45, 2.75) is 73.3 Å². The molecule has 0 aliphatic heterocycles. The van der Waals surface area contributed by atoms with Gasteiger partial charge in [-0.15, -0.1) is 0 Å². The highest BCUT2D eigenvalue weighted by atomic mass is 16.6. The number of carbonyl (C=O) groups is 2. The Kier molecular flexibility index (Phi) is 11.1. The number of carbonyl (C=O) groups excluding carboxylic acids is 2. The Labute approximate surface area is 222 Å². The molecule has 0 atom stereocenters. The normalized spacial score (nSPS) is 16.6. The van der Waals surface area contributed by atoms with Crippen LogP contribution in [-0.2, 0) is 9.53 Å². The molecule has 0 unspecified atom stereocenters. The fourth-order valence-corrected chi connectivity index (χ4v) is 4.14. The highest BCUT2D eigenvalue weighted by Crippen LogP contribution is 2.40. The van der Waals surface area contributed by atoms with Crippen molar-refractivity contribution in [1.29, 1.82) is 0 Å². The van der Waals surface area contributed by atoms with Crippen molar-refractivity contribution >= 4 is 24.2 Å². The van der Waals surface area contributed by atoms with Gasteiger partial charge in [-0.3, -0.25) is 9.78 Å². The molecule has 2 N–H and O–H groups in total. The summed E-state index contributed by atoms with van der Waals surface area (Å²) in [4.78, 5) is 28.0. The van der Waals surface area contributed by atoms with E-state index in [1.54, 1.807) is 33.0 Å². The Bertz CT molecular complexity index is 1100. The molecule has 2 rings (SSSR count). The van der Waals surface area contributed by atoms with Gasteiger partial charge in [0.1, 0.15) is 5.60 Å². The van der Waals surface area contributed by atoms with Crippen molar-refractivity contribution in [2.24, 2.45) is 5.41 Å². The molecule has 1 heterocycles. The Balaban J connectivity index is 1.86. The molecule has 6 nitrogen and oxygen atoms in total. The van der Waals surface area contributed by atoms with Crippen molar-refractivity contribution in [2.75, 3.05) is 13.1 Å². The fourth-order valence-electron chi connectivity index (χ4n) is 4.14. The second-order valence-corrected chi connectivity index (χ2v) is 11.1. The Morgan fingerprint density at radius 2 is 1.84 bits per heavy atom. The first-order valence-electron chi connectivity index (χ1n) is 13.0. The Hall–Kier alpha value is -3.41. The van der Waals surface area contributed by atoms with Crippen molar-refractivity contribution in [1.82, 2.24) is 15.6 Å². The van der Waals surface area contributed by atoms with Gasteiger partial charge in [0.15, 0.2) is 0 Å². The number of nitrogens with zero attached hydrogens (tertiary/aromatic N) is 1. The lowest BCUT2D eigenvalue weighted by Gasteiger charge is -2.32. The fraction of sp³-hybridized carbons (Fsp3) is 0.452. The lowest BCUT2D eigenvalue weighted by Crippen LogP contribution is -2.37. The molecular weight excluding hydrogens is 462 g/mol. The van der Waals surface area contributed by atoms with E-state index < -0.39 is 11.7 Å². The summed E-state index contributed by atoms with van der Waals surface area (Å²) < 4.78 is 5.15. The number of pyridine rings is 1. The number of hydrogen-bond donors (Lipinski definition) is 2. The van der Waals surface area contributed by atoms with Gasteiger partial charge in [-0.1, -0.05) is 55.4 Å². The molecule has 0 bridgehead atoms. The average Bonchev–Trinajstić information content (AvgIpc) is 2.79. The molecule has 0 spiro atoms. The van der Waals surface area contributed by atoms with Gasteiger partial charge in [-0.05, 0) is 88.6 Å². The van der Waals surface area contributed by atoms with E-state index in [-0.39, 0.29) is 17.9 Å². The van der Waals surface area contributed by atoms with E-state index in [4.69, 9.17) is 4.74 Å². The maximum absolute atomic E-state index is 12.1. The van der Waals surface area contributed by atoms with Crippen LogP contribution in [0.3, 0.4) is 0 Å². The lowest BCUT2D eigenvalue weighted by atomic mass is 9.72. The summed E-state index contributed by atoms with van der Waals surface area (Å²) in [6, 6.07) is 3.84. The van der Waals surface area contributed by atoms with E-state index in [1.807, 2.05) is 24.3 Å². The van der Waals surface area contributed by atoms with Crippen molar-refractivity contribution in [3.8, 4) is 0 Å². The van der Waals surface area contributed by atoms with Crippen LogP contribution in [0.5, 0.6) is 0 Å². The Morgan fingerprint density at radius 1 is 1.11 bits per heavy atom. The minimum absolute atomic E-state index is 0.240. The largest absolute Gasteiger partial charge is 0.444 e. The van der Waals surface area contributed by atoms with Crippen LogP contribution in [0.1, 0.15) is 79.0 Å². The van der Waals surface area contributed by atoms with Crippen LogP contribution in [0.25, 0.3) is 12.2 Å². The van der Waals surface area contributed by atoms with Gasteiger partial charge >= 0.3 is 6.09 Å². The quantitative estimate of drug-likeness (QED) is 0.220. The van der Waals surface area contributed by atoms with E-state index in [0.717, 1.165) is 5.56 Å². The molecule has 1 aromatic heterocycles. The number of hydrogen-bond acceptors (Lipinski definition) is 4. The average molecular weight is 506 g/mol. The number of nitrogens with one attached hydrogen (secondary N) is 2. The van der Waals surface area contributed by atoms with Gasteiger partial charge in [0.2, 0.25) is 5.91 Å². The topological polar surface area (TPSA) is 80.3 Å². The van der Waals surface area contributed by atoms with E-state index >= 15 is 0 Å². The van der Waals surface area contributed by atoms with Crippen LogP contribution < -0.4 is 10.6 Å². The van der Waals surface area contributed by atoms with E-state index in [1.165, 1.54) is 42.1 Å². The number of allylic oxidation sites excluding steroid dienone is 7. The van der Waals surface area contributed by atoms with Crippen LogP contribution in [-0.4, -0.2) is 35.7 Å². The summed E-state index contributed by atoms with van der Waals surface area (Å²) in [6.45, 7) is 15.0. The van der Waals surface area contributed by atoms with Crippen LogP contribution in [0.4, 0.5) is 4.79 Å². The molecule has 0 aromatic carbocycles. The van der Waals surface area contributed by atoms with Gasteiger partial charge in [0.25, 0.3) is 0 Å². The SMILES string of the molecule is CC1=C(/C=C/C(C)=C/C=C/c2ccnc(/C=C/C(=O)NCCNC(=O)OC(C)(C)C)c2)C(C)(C)CCC1. The third-order valence-corrected chi connectivity index (χ3v) is 6.01. The zero-order valence-electron chi connectivity index (χ0n) is 23.5. The van der Waals surface area contributed by atoms with Gasteiger partial charge in [0, 0.05) is 25.4 Å². The van der Waals surface area contributed by atoms with Crippen LogP contribution in [0, 0.1) is 5.41 Å². The summed E-state index contributed by atoms with van der Waals surface area (Å²) in [6.07, 6.45) is 18.6. The van der Waals surface area contributed by atoms with Crippen molar-refractivity contribution < 1.29 is 14.3 Å². The van der Waals surface area contributed by atoms with Gasteiger partial charge in [0.05, 0.1) is 5.69 Å². The molecule has 1 aliphatic carbocycles. The molecule has 37 heavy (non-hydrogen) atoms. The van der Waals surface area contributed by atoms with Crippen LogP contribution >= 0.6 is 0 Å². The highest BCUT2D eigenvalue weighted by Gasteiger charge is 2.26. The third kappa shape index (κ3) is 11.5. The Morgan fingerprint density at radius 3 is 2.54 bits per heavy atom. The highest BCUT2D eigenvalue weighted by molar-refractivity contribution is 5.91. The van der Waals surface area contributed by atoms with E-state index in [2.05, 4.69) is 61.5 Å². The molecule has 0 fully saturated rings. The zero-order chi connectivity index (χ0) is 27.5. The number of alkyl carbamates (subject to hydrolysis) is 1. The van der Waals surface area contributed by atoms with Crippen LogP contribution in [0.2, 0.25) is 0 Å². The van der Waals surface area contributed by atoms with Crippen molar-refractivity contribution in [3.63, 3.8) is 0 Å². The first kappa shape index (κ1) is 29.8. The third-order valence-electron chi connectivity index (χ3n) is 6.01. The minimum Gasteiger partial charge on any atom is -0.444 e. The van der Waals surface area contributed by atoms with E-state index in [9.17, 15) is 9.59 Å². The monoisotopic (exact) mass is 505 g/mol. The minimum atomic E-state index is -0.553. The zero-order valence-corrected chi connectivity index (χ0v) is 23.5. The second kappa shape index (κ2) is 13.8. The predicted molar refractivity (Wildman–Crippen MR) is 153 cm³/mol. The molecular formula is C31H43N3O3. The smallest absolute Gasteiger partial charge is 0.407 e. The van der Waals surface area contributed by atoms with Gasteiger partial charge < -0.3 is 15.4 Å². The summed E-state index contributed by atoms with van der Waals surface area (Å²) in [5, 5.41) is 5.32. The first-order valence-corrected chi connectivity index (χ1v) is 13.0. The molecule has 1 aliphatic rings. The maximum atomic E-state index is 12.1. The second-order valence-electron chi connectivity index (χ2n) is 11.1. The van der Waals surface area contributed by atoms with E-state index in [0.29, 0.717) is 12.2 Å². The van der Waals surface area contributed by atoms with Gasteiger partial charge in [-0.2, -0.15) is 0 Å². The number of aromatic nitrogens is 1. The summed E-state index contributed by atoms with van der Waals surface area (Å²) in [5.74, 6) is -0.259. The molecule has 200 valence electrons. The summed E-state index contributed by atoms with van der Waals surface area (Å²) >= 11 is 0. The molecule has 0 saturated heterocycles. The summed E-state index contributed by atoms with van der Waals surface area (Å²) in [5.41, 5.74) is 5.52. The molecule has 1 aromatic rings.